The van der Waals surface area contributed by atoms with Gasteiger partial charge in [0.2, 0.25) is 5.91 Å². The predicted octanol–water partition coefficient (Wildman–Crippen LogP) is 4.34. The molecule has 1 heterocycles. The van der Waals surface area contributed by atoms with Gasteiger partial charge in [-0.2, -0.15) is 0 Å². The van der Waals surface area contributed by atoms with E-state index in [4.69, 9.17) is 4.74 Å². The zero-order valence-corrected chi connectivity index (χ0v) is 18.1. The van der Waals surface area contributed by atoms with Crippen LogP contribution in [0.15, 0.2) is 65.3 Å². The summed E-state index contributed by atoms with van der Waals surface area (Å²) in [6.07, 6.45) is 1.89. The Morgan fingerprint density at radius 3 is 2.63 bits per heavy atom. The van der Waals surface area contributed by atoms with Crippen LogP contribution in [-0.4, -0.2) is 29.3 Å². The molecule has 6 nitrogen and oxygen atoms in total. The van der Waals surface area contributed by atoms with Crippen LogP contribution in [0.1, 0.15) is 24.5 Å². The maximum absolute atomic E-state index is 12.6. The number of esters is 1. The third-order valence-corrected chi connectivity index (χ3v) is 5.56. The molecule has 0 fully saturated rings. The minimum atomic E-state index is -0.352. The van der Waals surface area contributed by atoms with Crippen molar-refractivity contribution < 1.29 is 14.3 Å². The number of anilines is 1. The smallest absolute Gasteiger partial charge is 0.311 e. The molecule has 3 rings (SSSR count). The number of hydrogen-bond acceptors (Lipinski definition) is 6. The second-order valence-electron chi connectivity index (χ2n) is 6.98. The molecule has 1 aliphatic heterocycles. The summed E-state index contributed by atoms with van der Waals surface area (Å²) in [6, 6.07) is 15.7. The van der Waals surface area contributed by atoms with Crippen molar-refractivity contribution in [3.8, 4) is 0 Å². The van der Waals surface area contributed by atoms with Crippen molar-refractivity contribution in [3.05, 3.63) is 71.4 Å². The summed E-state index contributed by atoms with van der Waals surface area (Å²) >= 11 is 1.35. The van der Waals surface area contributed by atoms with Crippen LogP contribution in [0.25, 0.3) is 0 Å². The second-order valence-corrected chi connectivity index (χ2v) is 8.34. The van der Waals surface area contributed by atoms with Crippen molar-refractivity contribution in [2.45, 2.75) is 32.1 Å². The number of carbonyl (C=O) groups excluding carboxylic acids is 2. The van der Waals surface area contributed by atoms with Gasteiger partial charge in [0.25, 0.3) is 0 Å². The molecule has 1 atom stereocenters. The molecule has 7 heteroatoms. The number of carbonyl (C=O) groups is 2. The van der Waals surface area contributed by atoms with Crippen LogP contribution < -0.4 is 10.6 Å². The Labute approximate surface area is 180 Å². The highest BCUT2D eigenvalue weighted by molar-refractivity contribution is 8.15. The first-order valence-corrected chi connectivity index (χ1v) is 10.5. The van der Waals surface area contributed by atoms with Crippen LogP contribution >= 0.6 is 11.8 Å². The molecule has 0 saturated heterocycles. The minimum absolute atomic E-state index is 0.0725. The second kappa shape index (κ2) is 10.1. The summed E-state index contributed by atoms with van der Waals surface area (Å²) in [5, 5.41) is 6.52. The van der Waals surface area contributed by atoms with Gasteiger partial charge in [-0.1, -0.05) is 53.7 Å². The van der Waals surface area contributed by atoms with Gasteiger partial charge in [0.15, 0.2) is 0 Å². The largest absolute Gasteiger partial charge is 0.469 e. The van der Waals surface area contributed by atoms with Gasteiger partial charge in [0.05, 0.1) is 35.2 Å². The number of para-hydroxylation sites is 2. The van der Waals surface area contributed by atoms with Gasteiger partial charge in [-0.05, 0) is 37.6 Å². The maximum atomic E-state index is 12.6. The van der Waals surface area contributed by atoms with Gasteiger partial charge in [0, 0.05) is 12.2 Å². The quantitative estimate of drug-likeness (QED) is 0.676. The Bertz CT molecular complexity index is 983. The molecule has 0 radical (unpaired) electrons. The first-order chi connectivity index (χ1) is 14.4. The fourth-order valence-electron chi connectivity index (χ4n) is 2.84. The van der Waals surface area contributed by atoms with Crippen molar-refractivity contribution in [1.82, 2.24) is 5.32 Å². The molecule has 1 aliphatic rings. The zero-order chi connectivity index (χ0) is 21.5. The molecule has 2 N–H and O–H groups in total. The van der Waals surface area contributed by atoms with E-state index in [9.17, 15) is 9.59 Å². The number of thioether (sulfide) groups is 1. The number of benzene rings is 2. The summed E-state index contributed by atoms with van der Waals surface area (Å²) in [5.41, 5.74) is 4.47. The number of nitrogens with zero attached hydrogens (tertiary/aromatic N) is 1. The topological polar surface area (TPSA) is 79.8 Å². The summed E-state index contributed by atoms with van der Waals surface area (Å²) in [7, 11) is 1.36. The summed E-state index contributed by atoms with van der Waals surface area (Å²) in [5.74, 6) is -0.418. The van der Waals surface area contributed by atoms with Crippen molar-refractivity contribution in [3.63, 3.8) is 0 Å². The Kier molecular flexibility index (Phi) is 7.30. The van der Waals surface area contributed by atoms with E-state index < -0.39 is 0 Å². The molecule has 156 valence electrons. The molecule has 0 bridgehead atoms. The first-order valence-electron chi connectivity index (χ1n) is 9.66. The normalized spacial score (nSPS) is 13.7. The Morgan fingerprint density at radius 2 is 1.90 bits per heavy atom. The number of methoxy groups -OCH3 is 1. The molecule has 0 saturated carbocycles. The highest BCUT2D eigenvalue weighted by atomic mass is 32.2. The van der Waals surface area contributed by atoms with Gasteiger partial charge in [-0.25, -0.2) is 4.99 Å². The standard InChI is InChI=1S/C23H25N3O3S/c1-15-8-10-17(11-9-15)14-24-23(28)16(2)30-21-12-18(13-22(27)29-3)25-19-6-4-5-7-20(19)26-21/h4-12,16,25H,13-14H2,1-3H3,(H,24,28)/t16-/m1/s1. The predicted molar refractivity (Wildman–Crippen MR) is 122 cm³/mol. The SMILES string of the molecule is COC(=O)CC1=CC(S[C@H](C)C(=O)NCc2ccc(C)cc2)=Nc2ccccc2N1. The van der Waals surface area contributed by atoms with E-state index in [1.807, 2.05) is 62.4 Å². The van der Waals surface area contributed by atoms with E-state index in [1.165, 1.54) is 24.4 Å². The number of rotatable bonds is 6. The number of fused-ring (bicyclic) bond motifs is 1. The molecular weight excluding hydrogens is 398 g/mol. The van der Waals surface area contributed by atoms with Gasteiger partial charge in [0.1, 0.15) is 0 Å². The molecule has 0 spiro atoms. The number of hydrogen-bond donors (Lipinski definition) is 2. The Hall–Kier alpha value is -3.06. The van der Waals surface area contributed by atoms with Gasteiger partial charge < -0.3 is 15.4 Å². The molecular formula is C23H25N3O3S. The number of aliphatic imine (C=N–C) groups is 1. The third kappa shape index (κ3) is 5.97. The number of aryl methyl sites for hydroxylation is 1. The summed E-state index contributed by atoms with van der Waals surface area (Å²) in [4.78, 5) is 29.0. The van der Waals surface area contributed by atoms with Crippen molar-refractivity contribution in [1.29, 1.82) is 0 Å². The van der Waals surface area contributed by atoms with Crippen LogP contribution in [0.5, 0.6) is 0 Å². The lowest BCUT2D eigenvalue weighted by molar-refractivity contribution is -0.139. The highest BCUT2D eigenvalue weighted by Gasteiger charge is 2.19. The van der Waals surface area contributed by atoms with Crippen LogP contribution in [-0.2, 0) is 20.9 Å². The first kappa shape index (κ1) is 21.6. The van der Waals surface area contributed by atoms with E-state index in [-0.39, 0.29) is 23.5 Å². The average Bonchev–Trinajstić information content (AvgIpc) is 2.91. The number of amides is 1. The van der Waals surface area contributed by atoms with Crippen LogP contribution in [0.2, 0.25) is 0 Å². The number of nitrogens with one attached hydrogen (secondary N) is 2. The summed E-state index contributed by atoms with van der Waals surface area (Å²) < 4.78 is 4.79. The zero-order valence-electron chi connectivity index (χ0n) is 17.3. The van der Waals surface area contributed by atoms with Gasteiger partial charge in [-0.15, -0.1) is 0 Å². The van der Waals surface area contributed by atoms with E-state index >= 15 is 0 Å². The lowest BCUT2D eigenvalue weighted by Gasteiger charge is -2.12. The van der Waals surface area contributed by atoms with E-state index in [0.29, 0.717) is 17.3 Å². The monoisotopic (exact) mass is 423 g/mol. The lowest BCUT2D eigenvalue weighted by Crippen LogP contribution is -2.31. The van der Waals surface area contributed by atoms with Gasteiger partial charge >= 0.3 is 5.97 Å². The Morgan fingerprint density at radius 1 is 1.17 bits per heavy atom. The van der Waals surface area contributed by atoms with E-state index in [0.717, 1.165) is 16.9 Å². The summed E-state index contributed by atoms with van der Waals surface area (Å²) in [6.45, 7) is 4.35. The average molecular weight is 424 g/mol. The number of ether oxygens (including phenoxy) is 1. The van der Waals surface area contributed by atoms with E-state index in [2.05, 4.69) is 15.6 Å². The van der Waals surface area contributed by atoms with E-state index in [1.54, 1.807) is 6.08 Å². The van der Waals surface area contributed by atoms with Gasteiger partial charge in [-0.3, -0.25) is 9.59 Å². The maximum Gasteiger partial charge on any atom is 0.311 e. The fourth-order valence-corrected chi connectivity index (χ4v) is 3.76. The van der Waals surface area contributed by atoms with Crippen LogP contribution in [0.3, 0.4) is 0 Å². The van der Waals surface area contributed by atoms with Crippen molar-refractivity contribution >= 4 is 40.1 Å². The fraction of sp³-hybridized carbons (Fsp3) is 0.261. The molecule has 0 unspecified atom stereocenters. The molecule has 0 aromatic heterocycles. The van der Waals surface area contributed by atoms with Crippen molar-refractivity contribution in [2.75, 3.05) is 12.4 Å². The van der Waals surface area contributed by atoms with Crippen LogP contribution in [0, 0.1) is 6.92 Å². The molecule has 1 amide bonds. The lowest BCUT2D eigenvalue weighted by atomic mass is 10.1. The molecule has 30 heavy (non-hydrogen) atoms. The Balaban J connectivity index is 1.70. The molecule has 2 aromatic rings. The van der Waals surface area contributed by atoms with Crippen molar-refractivity contribution in [2.24, 2.45) is 4.99 Å². The van der Waals surface area contributed by atoms with Crippen LogP contribution in [0.4, 0.5) is 11.4 Å². The highest BCUT2D eigenvalue weighted by Crippen LogP contribution is 2.31. The molecule has 2 aromatic carbocycles. The minimum Gasteiger partial charge on any atom is -0.469 e. The molecule has 0 aliphatic carbocycles. The third-order valence-electron chi connectivity index (χ3n) is 4.54.